The molecule has 3 rings (SSSR count). The predicted octanol–water partition coefficient (Wildman–Crippen LogP) is 4.68. The van der Waals surface area contributed by atoms with E-state index in [4.69, 9.17) is 9.47 Å². The van der Waals surface area contributed by atoms with Crippen LogP contribution in [0.5, 0.6) is 5.75 Å². The fourth-order valence-corrected chi connectivity index (χ4v) is 2.65. The first-order valence-corrected chi connectivity index (χ1v) is 9.32. The lowest BCUT2D eigenvalue weighted by molar-refractivity contribution is -0.119. The van der Waals surface area contributed by atoms with Crippen molar-refractivity contribution in [3.8, 4) is 5.75 Å². The normalized spacial score (nSPS) is 10.3. The number of anilines is 1. The van der Waals surface area contributed by atoms with Crippen LogP contribution in [0.2, 0.25) is 0 Å². The molecule has 29 heavy (non-hydrogen) atoms. The fraction of sp³-hybridized carbons (Fsp3) is 0.167. The molecule has 0 aliphatic rings. The van der Waals surface area contributed by atoms with Crippen LogP contribution in [-0.4, -0.2) is 18.5 Å². The number of carbonyl (C=O) groups is 2. The van der Waals surface area contributed by atoms with E-state index in [2.05, 4.69) is 5.32 Å². The Morgan fingerprint density at radius 3 is 2.28 bits per heavy atom. The van der Waals surface area contributed by atoms with E-state index in [1.807, 2.05) is 62.4 Å². The minimum absolute atomic E-state index is 0.343. The van der Waals surface area contributed by atoms with Gasteiger partial charge in [0.25, 0.3) is 5.91 Å². The van der Waals surface area contributed by atoms with Crippen LogP contribution < -0.4 is 10.1 Å². The summed E-state index contributed by atoms with van der Waals surface area (Å²) in [6.45, 7) is 4.03. The zero-order valence-electron chi connectivity index (χ0n) is 16.5. The van der Waals surface area contributed by atoms with Crippen molar-refractivity contribution in [3.63, 3.8) is 0 Å². The van der Waals surface area contributed by atoms with Gasteiger partial charge in [0, 0.05) is 5.69 Å². The second-order valence-corrected chi connectivity index (χ2v) is 6.72. The molecule has 0 spiro atoms. The van der Waals surface area contributed by atoms with Crippen LogP contribution in [0.4, 0.5) is 5.69 Å². The van der Waals surface area contributed by atoms with Gasteiger partial charge in [0.2, 0.25) is 0 Å². The Kier molecular flexibility index (Phi) is 6.63. The number of ether oxygens (including phenoxy) is 2. The number of hydrogen-bond donors (Lipinski definition) is 1. The Bertz CT molecular complexity index is 982. The molecule has 0 unspecified atom stereocenters. The Labute approximate surface area is 170 Å². The number of rotatable bonds is 7. The van der Waals surface area contributed by atoms with Crippen molar-refractivity contribution in [3.05, 3.63) is 95.1 Å². The predicted molar refractivity (Wildman–Crippen MR) is 112 cm³/mol. The molecule has 3 aromatic rings. The molecular formula is C24H23NO4. The average molecular weight is 389 g/mol. The zero-order valence-corrected chi connectivity index (χ0v) is 16.5. The monoisotopic (exact) mass is 389 g/mol. The van der Waals surface area contributed by atoms with E-state index < -0.39 is 5.97 Å². The van der Waals surface area contributed by atoms with Crippen molar-refractivity contribution >= 4 is 17.6 Å². The van der Waals surface area contributed by atoms with E-state index in [0.717, 1.165) is 22.4 Å². The van der Waals surface area contributed by atoms with E-state index in [1.165, 1.54) is 0 Å². The molecule has 0 aromatic heterocycles. The van der Waals surface area contributed by atoms with Crippen LogP contribution in [0.3, 0.4) is 0 Å². The van der Waals surface area contributed by atoms with Gasteiger partial charge in [-0.15, -0.1) is 0 Å². The van der Waals surface area contributed by atoms with E-state index in [-0.39, 0.29) is 12.5 Å². The number of carbonyl (C=O) groups excluding carboxylic acids is 2. The van der Waals surface area contributed by atoms with Gasteiger partial charge in [-0.25, -0.2) is 4.79 Å². The largest absolute Gasteiger partial charge is 0.489 e. The summed E-state index contributed by atoms with van der Waals surface area (Å²) in [5, 5.41) is 2.73. The van der Waals surface area contributed by atoms with Crippen molar-refractivity contribution < 1.29 is 19.1 Å². The molecule has 3 aromatic carbocycles. The molecule has 1 amide bonds. The Balaban J connectivity index is 1.47. The number of amides is 1. The van der Waals surface area contributed by atoms with Crippen molar-refractivity contribution in [2.45, 2.75) is 20.5 Å². The molecular weight excluding hydrogens is 366 g/mol. The maximum absolute atomic E-state index is 12.2. The number of nitrogens with one attached hydrogen (secondary N) is 1. The van der Waals surface area contributed by atoms with Crippen LogP contribution in [0, 0.1) is 13.8 Å². The maximum atomic E-state index is 12.2. The van der Waals surface area contributed by atoms with Crippen molar-refractivity contribution in [2.75, 3.05) is 11.9 Å². The number of benzene rings is 3. The first-order valence-electron chi connectivity index (χ1n) is 9.32. The van der Waals surface area contributed by atoms with Crippen LogP contribution in [0.25, 0.3) is 0 Å². The van der Waals surface area contributed by atoms with E-state index >= 15 is 0 Å². The summed E-state index contributed by atoms with van der Waals surface area (Å²) in [7, 11) is 0. The second kappa shape index (κ2) is 9.55. The summed E-state index contributed by atoms with van der Waals surface area (Å²) in [6.07, 6.45) is 0. The average Bonchev–Trinajstić information content (AvgIpc) is 2.74. The summed E-state index contributed by atoms with van der Waals surface area (Å²) in [5.41, 5.74) is 4.21. The number of para-hydroxylation sites is 1. The molecule has 1 N–H and O–H groups in total. The topological polar surface area (TPSA) is 64.6 Å². The lowest BCUT2D eigenvalue weighted by atomic mass is 10.1. The lowest BCUT2D eigenvalue weighted by Gasteiger charge is -2.09. The van der Waals surface area contributed by atoms with E-state index in [1.54, 1.807) is 24.3 Å². The van der Waals surface area contributed by atoms with Crippen LogP contribution in [0.15, 0.2) is 72.8 Å². The molecule has 148 valence electrons. The minimum atomic E-state index is -0.546. The third-order valence-electron chi connectivity index (χ3n) is 4.46. The molecule has 5 nitrogen and oxygen atoms in total. The number of hydrogen-bond acceptors (Lipinski definition) is 4. The fourth-order valence-electron chi connectivity index (χ4n) is 2.65. The zero-order chi connectivity index (χ0) is 20.6. The van der Waals surface area contributed by atoms with Gasteiger partial charge in [-0.3, -0.25) is 4.79 Å². The van der Waals surface area contributed by atoms with Gasteiger partial charge in [0.1, 0.15) is 12.4 Å². The molecule has 0 saturated carbocycles. The molecule has 0 aliphatic heterocycles. The number of aryl methyl sites for hydroxylation is 2. The highest BCUT2D eigenvalue weighted by atomic mass is 16.5. The highest BCUT2D eigenvalue weighted by Crippen LogP contribution is 2.15. The van der Waals surface area contributed by atoms with Gasteiger partial charge in [0.05, 0.1) is 5.56 Å². The number of esters is 1. The SMILES string of the molecule is Cc1ccc(NC(=O)COC(=O)c2ccc(COc3ccccc3)cc2)cc1C. The molecule has 0 fully saturated rings. The van der Waals surface area contributed by atoms with Gasteiger partial charge in [-0.05, 0) is 66.9 Å². The Hall–Kier alpha value is -3.60. The standard InChI is InChI=1S/C24H23NO4/c1-17-8-13-21(14-18(17)2)25-23(26)16-29-24(27)20-11-9-19(10-12-20)15-28-22-6-4-3-5-7-22/h3-14H,15-16H2,1-2H3,(H,25,26). The van der Waals surface area contributed by atoms with Crippen LogP contribution >= 0.6 is 0 Å². The van der Waals surface area contributed by atoms with Gasteiger partial charge in [-0.1, -0.05) is 36.4 Å². The summed E-state index contributed by atoms with van der Waals surface area (Å²) in [5.74, 6) is -0.143. The summed E-state index contributed by atoms with van der Waals surface area (Å²) in [6, 6.07) is 22.1. The maximum Gasteiger partial charge on any atom is 0.338 e. The highest BCUT2D eigenvalue weighted by molar-refractivity contribution is 5.95. The molecule has 0 saturated heterocycles. The first-order chi connectivity index (χ1) is 14.0. The van der Waals surface area contributed by atoms with Crippen molar-refractivity contribution in [2.24, 2.45) is 0 Å². The van der Waals surface area contributed by atoms with Crippen LogP contribution in [-0.2, 0) is 16.1 Å². The quantitative estimate of drug-likeness (QED) is 0.596. The van der Waals surface area contributed by atoms with E-state index in [9.17, 15) is 9.59 Å². The lowest BCUT2D eigenvalue weighted by Crippen LogP contribution is -2.21. The third kappa shape index (κ3) is 5.94. The molecule has 0 aliphatic carbocycles. The third-order valence-corrected chi connectivity index (χ3v) is 4.46. The first kappa shape index (κ1) is 20.1. The Morgan fingerprint density at radius 1 is 0.862 bits per heavy atom. The smallest absolute Gasteiger partial charge is 0.338 e. The highest BCUT2D eigenvalue weighted by Gasteiger charge is 2.11. The molecule has 0 bridgehead atoms. The van der Waals surface area contributed by atoms with Gasteiger partial charge in [0.15, 0.2) is 6.61 Å². The van der Waals surface area contributed by atoms with Gasteiger partial charge in [-0.2, -0.15) is 0 Å². The summed E-state index contributed by atoms with van der Waals surface area (Å²) < 4.78 is 10.8. The van der Waals surface area contributed by atoms with Crippen LogP contribution in [0.1, 0.15) is 27.0 Å². The Morgan fingerprint density at radius 2 is 1.59 bits per heavy atom. The van der Waals surface area contributed by atoms with Crippen molar-refractivity contribution in [1.29, 1.82) is 0 Å². The van der Waals surface area contributed by atoms with Crippen molar-refractivity contribution in [1.82, 2.24) is 0 Å². The molecule has 5 heteroatoms. The molecule has 0 atom stereocenters. The van der Waals surface area contributed by atoms with E-state index in [0.29, 0.717) is 17.9 Å². The molecule has 0 radical (unpaired) electrons. The van der Waals surface area contributed by atoms with Gasteiger partial charge < -0.3 is 14.8 Å². The summed E-state index contributed by atoms with van der Waals surface area (Å²) >= 11 is 0. The minimum Gasteiger partial charge on any atom is -0.489 e. The second-order valence-electron chi connectivity index (χ2n) is 6.72. The summed E-state index contributed by atoms with van der Waals surface area (Å²) in [4.78, 5) is 24.2. The van der Waals surface area contributed by atoms with Gasteiger partial charge >= 0.3 is 5.97 Å². The molecule has 0 heterocycles.